The minimum Gasteiger partial charge on any atom is -0.311 e. The van der Waals surface area contributed by atoms with Gasteiger partial charge in [0.1, 0.15) is 5.82 Å². The largest absolute Gasteiger partial charge is 0.311 e. The van der Waals surface area contributed by atoms with Gasteiger partial charge in [-0.05, 0) is 23.3 Å². The van der Waals surface area contributed by atoms with E-state index in [1.807, 2.05) is 54.6 Å². The van der Waals surface area contributed by atoms with Crippen molar-refractivity contribution < 1.29 is 9.59 Å². The van der Waals surface area contributed by atoms with Crippen LogP contribution in [0, 0.1) is 0 Å². The average molecular weight is 480 g/mol. The van der Waals surface area contributed by atoms with Crippen LogP contribution in [0.4, 0.5) is 5.82 Å². The molecule has 158 valence electrons. The molecule has 0 saturated carbocycles. The van der Waals surface area contributed by atoms with Crippen molar-refractivity contribution in [1.82, 2.24) is 14.8 Å². The van der Waals surface area contributed by atoms with Crippen LogP contribution in [-0.2, 0) is 16.1 Å². The number of halogens is 1. The summed E-state index contributed by atoms with van der Waals surface area (Å²) in [5.74, 6) is 0.229. The van der Waals surface area contributed by atoms with Crippen LogP contribution in [0.25, 0.3) is 0 Å². The Labute approximate surface area is 188 Å². The fourth-order valence-corrected chi connectivity index (χ4v) is 3.62. The monoisotopic (exact) mass is 479 g/mol. The predicted octanol–water partition coefficient (Wildman–Crippen LogP) is 4.05. The van der Waals surface area contributed by atoms with Gasteiger partial charge in [0, 0.05) is 29.8 Å². The summed E-state index contributed by atoms with van der Waals surface area (Å²) in [5, 5.41) is 13.0. The second-order valence-corrected chi connectivity index (χ2v) is 8.14. The molecule has 0 fully saturated rings. The Hall–Kier alpha value is -3.26. The fraction of sp³-hybridized carbons (Fsp3) is 0.217. The highest BCUT2D eigenvalue weighted by atomic mass is 79.9. The molecule has 31 heavy (non-hydrogen) atoms. The standard InChI is InChI=1S/C23H22BrN5O2/c24-19-8-6-17(7-9-19)16-29-21(12-14-25-29)26-22(30)10-11-23(31)28-15-13-20(27-28)18-4-2-1-3-5-18/h1-9,12,14H,10-11,13,15-16H2,(H,26,30). The summed E-state index contributed by atoms with van der Waals surface area (Å²) in [6.45, 7) is 1.09. The quantitative estimate of drug-likeness (QED) is 0.554. The number of carbonyl (C=O) groups is 2. The zero-order valence-electron chi connectivity index (χ0n) is 16.9. The molecule has 0 bridgehead atoms. The third-order valence-electron chi connectivity index (χ3n) is 4.99. The highest BCUT2D eigenvalue weighted by Gasteiger charge is 2.22. The van der Waals surface area contributed by atoms with Crippen LogP contribution in [0.1, 0.15) is 30.4 Å². The topological polar surface area (TPSA) is 79.6 Å². The molecule has 0 spiro atoms. The van der Waals surface area contributed by atoms with Crippen LogP contribution in [-0.4, -0.2) is 38.9 Å². The van der Waals surface area contributed by atoms with Gasteiger partial charge < -0.3 is 5.32 Å². The van der Waals surface area contributed by atoms with E-state index < -0.39 is 0 Å². The SMILES string of the molecule is O=C(CCC(=O)N1CCC(c2ccccc2)=N1)Nc1ccnn1Cc1ccc(Br)cc1. The smallest absolute Gasteiger partial charge is 0.243 e. The van der Waals surface area contributed by atoms with Crippen LogP contribution in [0.5, 0.6) is 0 Å². The summed E-state index contributed by atoms with van der Waals surface area (Å²) in [6, 6.07) is 19.5. The first-order valence-electron chi connectivity index (χ1n) is 10.1. The van der Waals surface area contributed by atoms with Gasteiger partial charge in [-0.1, -0.05) is 58.4 Å². The summed E-state index contributed by atoms with van der Waals surface area (Å²) in [4.78, 5) is 24.9. The van der Waals surface area contributed by atoms with Crippen molar-refractivity contribution in [1.29, 1.82) is 0 Å². The summed E-state index contributed by atoms with van der Waals surface area (Å²) < 4.78 is 2.73. The van der Waals surface area contributed by atoms with Gasteiger partial charge >= 0.3 is 0 Å². The Balaban J connectivity index is 1.29. The van der Waals surface area contributed by atoms with Gasteiger partial charge in [-0.2, -0.15) is 10.2 Å². The Kier molecular flexibility index (Phi) is 6.57. The number of nitrogens with zero attached hydrogens (tertiary/aromatic N) is 4. The summed E-state index contributed by atoms with van der Waals surface area (Å²) in [5.41, 5.74) is 2.99. The molecule has 1 N–H and O–H groups in total. The molecule has 1 aliphatic heterocycles. The number of amides is 2. The second kappa shape index (κ2) is 9.70. The average Bonchev–Trinajstić information content (AvgIpc) is 3.44. The van der Waals surface area contributed by atoms with Crippen LogP contribution in [0.3, 0.4) is 0 Å². The zero-order chi connectivity index (χ0) is 21.6. The molecule has 2 amide bonds. The second-order valence-electron chi connectivity index (χ2n) is 7.23. The number of anilines is 1. The van der Waals surface area contributed by atoms with Crippen LogP contribution in [0.2, 0.25) is 0 Å². The normalized spacial score (nSPS) is 13.2. The lowest BCUT2D eigenvalue weighted by Gasteiger charge is -2.12. The lowest BCUT2D eigenvalue weighted by atomic mass is 10.1. The van der Waals surface area contributed by atoms with Gasteiger partial charge in [-0.15, -0.1) is 0 Å². The molecular formula is C23H22BrN5O2. The maximum Gasteiger partial charge on any atom is 0.243 e. The Morgan fingerprint density at radius 2 is 1.77 bits per heavy atom. The van der Waals surface area contributed by atoms with Crippen molar-refractivity contribution >= 4 is 39.3 Å². The molecule has 0 radical (unpaired) electrons. The summed E-state index contributed by atoms with van der Waals surface area (Å²) >= 11 is 3.42. The van der Waals surface area contributed by atoms with E-state index in [0.29, 0.717) is 18.9 Å². The minimum absolute atomic E-state index is 0.0922. The van der Waals surface area contributed by atoms with Gasteiger partial charge in [0.05, 0.1) is 25.0 Å². The Bertz CT molecular complexity index is 1090. The van der Waals surface area contributed by atoms with Crippen molar-refractivity contribution in [2.75, 3.05) is 11.9 Å². The van der Waals surface area contributed by atoms with E-state index in [0.717, 1.165) is 27.7 Å². The van der Waals surface area contributed by atoms with Gasteiger partial charge in [0.2, 0.25) is 11.8 Å². The third kappa shape index (κ3) is 5.46. The number of hydrogen-bond acceptors (Lipinski definition) is 4. The molecule has 2 aromatic carbocycles. The fourth-order valence-electron chi connectivity index (χ4n) is 3.35. The number of aromatic nitrogens is 2. The number of nitrogens with one attached hydrogen (secondary N) is 1. The number of rotatable bonds is 7. The molecule has 3 aromatic rings. The number of carbonyl (C=O) groups excluding carboxylic acids is 2. The Morgan fingerprint density at radius 1 is 1.00 bits per heavy atom. The lowest BCUT2D eigenvalue weighted by molar-refractivity contribution is -0.132. The number of hydrogen-bond donors (Lipinski definition) is 1. The van der Waals surface area contributed by atoms with Crippen LogP contribution >= 0.6 is 15.9 Å². The maximum absolute atomic E-state index is 12.5. The summed E-state index contributed by atoms with van der Waals surface area (Å²) in [6.07, 6.45) is 2.56. The third-order valence-corrected chi connectivity index (χ3v) is 5.52. The van der Waals surface area contributed by atoms with E-state index in [1.165, 1.54) is 5.01 Å². The first-order chi connectivity index (χ1) is 15.1. The van der Waals surface area contributed by atoms with Gasteiger partial charge in [-0.25, -0.2) is 9.69 Å². The minimum atomic E-state index is -0.225. The maximum atomic E-state index is 12.5. The first kappa shape index (κ1) is 21.0. The van der Waals surface area contributed by atoms with Crippen LogP contribution in [0.15, 0.2) is 76.4 Å². The lowest BCUT2D eigenvalue weighted by Crippen LogP contribution is -2.25. The summed E-state index contributed by atoms with van der Waals surface area (Å²) in [7, 11) is 0. The molecule has 4 rings (SSSR count). The molecule has 0 atom stereocenters. The molecule has 0 aliphatic carbocycles. The predicted molar refractivity (Wildman–Crippen MR) is 123 cm³/mol. The van der Waals surface area contributed by atoms with E-state index in [9.17, 15) is 9.59 Å². The van der Waals surface area contributed by atoms with E-state index in [4.69, 9.17) is 0 Å². The Morgan fingerprint density at radius 3 is 2.55 bits per heavy atom. The van der Waals surface area contributed by atoms with Crippen molar-refractivity contribution in [2.24, 2.45) is 5.10 Å². The van der Waals surface area contributed by atoms with E-state index in [1.54, 1.807) is 16.9 Å². The van der Waals surface area contributed by atoms with Gasteiger partial charge in [0.15, 0.2) is 0 Å². The first-order valence-corrected chi connectivity index (χ1v) is 10.9. The van der Waals surface area contributed by atoms with Crippen molar-refractivity contribution in [3.8, 4) is 0 Å². The highest BCUT2D eigenvalue weighted by molar-refractivity contribution is 9.10. The number of benzene rings is 2. The highest BCUT2D eigenvalue weighted by Crippen LogP contribution is 2.16. The molecule has 1 aliphatic rings. The van der Waals surface area contributed by atoms with E-state index in [-0.39, 0.29) is 24.7 Å². The molecule has 8 heteroatoms. The molecular weight excluding hydrogens is 458 g/mol. The molecule has 1 aromatic heterocycles. The van der Waals surface area contributed by atoms with Gasteiger partial charge in [0.25, 0.3) is 0 Å². The van der Waals surface area contributed by atoms with Crippen LogP contribution < -0.4 is 5.32 Å². The molecule has 2 heterocycles. The van der Waals surface area contributed by atoms with Gasteiger partial charge in [-0.3, -0.25) is 9.59 Å². The van der Waals surface area contributed by atoms with Crippen molar-refractivity contribution in [3.05, 3.63) is 82.5 Å². The van der Waals surface area contributed by atoms with E-state index in [2.05, 4.69) is 31.4 Å². The number of hydrazone groups is 1. The van der Waals surface area contributed by atoms with Crippen molar-refractivity contribution in [2.45, 2.75) is 25.8 Å². The molecule has 0 unspecified atom stereocenters. The zero-order valence-corrected chi connectivity index (χ0v) is 18.5. The molecule has 7 nitrogen and oxygen atoms in total. The molecule has 0 saturated heterocycles. The van der Waals surface area contributed by atoms with Crippen molar-refractivity contribution in [3.63, 3.8) is 0 Å². The van der Waals surface area contributed by atoms with E-state index >= 15 is 0 Å².